The molecular formula is C12H25N3O. The SMILES string of the molecule is CNC1CCC(NC(=O)NC(C)(C)C)CC1. The van der Waals surface area contributed by atoms with E-state index in [4.69, 9.17) is 0 Å². The van der Waals surface area contributed by atoms with Crippen molar-refractivity contribution in [3.8, 4) is 0 Å². The van der Waals surface area contributed by atoms with Crippen LogP contribution in [0.3, 0.4) is 0 Å². The Labute approximate surface area is 98.6 Å². The summed E-state index contributed by atoms with van der Waals surface area (Å²) in [5.74, 6) is 0. The lowest BCUT2D eigenvalue weighted by molar-refractivity contribution is 0.221. The van der Waals surface area contributed by atoms with Crippen LogP contribution in [0, 0.1) is 0 Å². The van der Waals surface area contributed by atoms with E-state index in [2.05, 4.69) is 16.0 Å². The summed E-state index contributed by atoms with van der Waals surface area (Å²) in [5, 5.41) is 9.26. The van der Waals surface area contributed by atoms with Gasteiger partial charge in [-0.2, -0.15) is 0 Å². The fourth-order valence-corrected chi connectivity index (χ4v) is 2.09. The van der Waals surface area contributed by atoms with Crippen LogP contribution in [-0.2, 0) is 0 Å². The molecule has 4 nitrogen and oxygen atoms in total. The highest BCUT2D eigenvalue weighted by atomic mass is 16.2. The first-order valence-electron chi connectivity index (χ1n) is 6.16. The molecule has 0 aromatic heterocycles. The monoisotopic (exact) mass is 227 g/mol. The molecule has 3 N–H and O–H groups in total. The molecule has 4 heteroatoms. The molecule has 2 amide bonds. The molecule has 1 fully saturated rings. The second kappa shape index (κ2) is 5.53. The fraction of sp³-hybridized carbons (Fsp3) is 0.917. The molecule has 1 rings (SSSR count). The third-order valence-electron chi connectivity index (χ3n) is 2.96. The molecule has 0 saturated heterocycles. The Morgan fingerprint density at radius 1 is 1.06 bits per heavy atom. The number of amides is 2. The van der Waals surface area contributed by atoms with Crippen LogP contribution in [-0.4, -0.2) is 30.7 Å². The minimum absolute atomic E-state index is 0.0413. The Kier molecular flexibility index (Phi) is 4.59. The number of hydrogen-bond donors (Lipinski definition) is 3. The van der Waals surface area contributed by atoms with E-state index in [-0.39, 0.29) is 11.6 Å². The van der Waals surface area contributed by atoms with Crippen LogP contribution >= 0.6 is 0 Å². The smallest absolute Gasteiger partial charge is 0.315 e. The van der Waals surface area contributed by atoms with Gasteiger partial charge in [0.2, 0.25) is 0 Å². The molecule has 1 aliphatic rings. The highest BCUT2D eigenvalue weighted by Crippen LogP contribution is 2.18. The minimum atomic E-state index is -0.160. The summed E-state index contributed by atoms with van der Waals surface area (Å²) in [5.41, 5.74) is -0.160. The normalized spacial score (nSPS) is 26.2. The zero-order valence-corrected chi connectivity index (χ0v) is 10.9. The molecule has 0 aromatic rings. The minimum Gasteiger partial charge on any atom is -0.335 e. The molecule has 16 heavy (non-hydrogen) atoms. The Bertz CT molecular complexity index is 227. The number of nitrogens with one attached hydrogen (secondary N) is 3. The Morgan fingerprint density at radius 3 is 2.00 bits per heavy atom. The zero-order chi connectivity index (χ0) is 12.2. The number of carbonyl (C=O) groups is 1. The predicted octanol–water partition coefficient (Wildman–Crippen LogP) is 1.61. The molecule has 0 unspecified atom stereocenters. The zero-order valence-electron chi connectivity index (χ0n) is 10.9. The second-order valence-electron chi connectivity index (χ2n) is 5.69. The van der Waals surface area contributed by atoms with Crippen molar-refractivity contribution in [2.24, 2.45) is 0 Å². The summed E-state index contributed by atoms with van der Waals surface area (Å²) in [7, 11) is 2.00. The topological polar surface area (TPSA) is 53.2 Å². The molecule has 0 bridgehead atoms. The molecule has 0 heterocycles. The van der Waals surface area contributed by atoms with E-state index in [0.717, 1.165) is 25.7 Å². The second-order valence-corrected chi connectivity index (χ2v) is 5.69. The molecule has 0 atom stereocenters. The molecule has 0 aromatic carbocycles. The summed E-state index contributed by atoms with van der Waals surface area (Å²) >= 11 is 0. The third-order valence-corrected chi connectivity index (χ3v) is 2.96. The lowest BCUT2D eigenvalue weighted by Gasteiger charge is -2.30. The summed E-state index contributed by atoms with van der Waals surface area (Å²) in [6.45, 7) is 5.97. The van der Waals surface area contributed by atoms with Gasteiger partial charge < -0.3 is 16.0 Å². The van der Waals surface area contributed by atoms with Crippen LogP contribution in [0.1, 0.15) is 46.5 Å². The Hall–Kier alpha value is -0.770. The predicted molar refractivity (Wildman–Crippen MR) is 66.5 cm³/mol. The van der Waals surface area contributed by atoms with Gasteiger partial charge in [0.1, 0.15) is 0 Å². The van der Waals surface area contributed by atoms with Gasteiger partial charge in [-0.1, -0.05) is 0 Å². The van der Waals surface area contributed by atoms with Crippen molar-refractivity contribution in [3.63, 3.8) is 0 Å². The van der Waals surface area contributed by atoms with E-state index < -0.39 is 0 Å². The largest absolute Gasteiger partial charge is 0.335 e. The van der Waals surface area contributed by atoms with Gasteiger partial charge in [-0.05, 0) is 53.5 Å². The average Bonchev–Trinajstić information content (AvgIpc) is 2.16. The van der Waals surface area contributed by atoms with Crippen molar-refractivity contribution in [1.29, 1.82) is 0 Å². The molecule has 94 valence electrons. The van der Waals surface area contributed by atoms with Gasteiger partial charge in [0.05, 0.1) is 0 Å². The van der Waals surface area contributed by atoms with E-state index in [1.54, 1.807) is 0 Å². The summed E-state index contributed by atoms with van der Waals surface area (Å²) in [6.07, 6.45) is 4.44. The van der Waals surface area contributed by atoms with Gasteiger partial charge in [-0.25, -0.2) is 4.79 Å². The maximum atomic E-state index is 11.6. The lowest BCUT2D eigenvalue weighted by Crippen LogP contribution is -2.50. The van der Waals surface area contributed by atoms with E-state index in [1.165, 1.54) is 0 Å². The summed E-state index contributed by atoms with van der Waals surface area (Å²) < 4.78 is 0. The maximum absolute atomic E-state index is 11.6. The number of rotatable bonds is 2. The first-order valence-corrected chi connectivity index (χ1v) is 6.16. The first-order chi connectivity index (χ1) is 7.40. The molecule has 0 radical (unpaired) electrons. The number of carbonyl (C=O) groups excluding carboxylic acids is 1. The Morgan fingerprint density at radius 2 is 1.56 bits per heavy atom. The lowest BCUT2D eigenvalue weighted by atomic mass is 9.91. The van der Waals surface area contributed by atoms with Crippen LogP contribution in [0.25, 0.3) is 0 Å². The first kappa shape index (κ1) is 13.3. The van der Waals surface area contributed by atoms with Crippen molar-refractivity contribution < 1.29 is 4.79 Å². The average molecular weight is 227 g/mol. The quantitative estimate of drug-likeness (QED) is 0.671. The van der Waals surface area contributed by atoms with Crippen LogP contribution in [0.2, 0.25) is 0 Å². The van der Waals surface area contributed by atoms with Crippen molar-refractivity contribution in [3.05, 3.63) is 0 Å². The van der Waals surface area contributed by atoms with Gasteiger partial charge in [-0.15, -0.1) is 0 Å². The van der Waals surface area contributed by atoms with Crippen molar-refractivity contribution in [2.75, 3.05) is 7.05 Å². The van der Waals surface area contributed by atoms with E-state index in [0.29, 0.717) is 12.1 Å². The van der Waals surface area contributed by atoms with Gasteiger partial charge in [-0.3, -0.25) is 0 Å². The summed E-state index contributed by atoms with van der Waals surface area (Å²) in [6, 6.07) is 0.927. The third kappa shape index (κ3) is 4.84. The van der Waals surface area contributed by atoms with Crippen LogP contribution in [0.5, 0.6) is 0 Å². The molecular weight excluding hydrogens is 202 g/mol. The number of urea groups is 1. The maximum Gasteiger partial charge on any atom is 0.315 e. The van der Waals surface area contributed by atoms with Crippen LogP contribution < -0.4 is 16.0 Å². The molecule has 1 aliphatic carbocycles. The molecule has 0 spiro atoms. The van der Waals surface area contributed by atoms with Crippen LogP contribution in [0.15, 0.2) is 0 Å². The number of hydrogen-bond acceptors (Lipinski definition) is 2. The van der Waals surface area contributed by atoms with Gasteiger partial charge >= 0.3 is 6.03 Å². The molecule has 0 aliphatic heterocycles. The van der Waals surface area contributed by atoms with E-state index in [1.807, 2.05) is 27.8 Å². The van der Waals surface area contributed by atoms with Gasteiger partial charge in [0.25, 0.3) is 0 Å². The van der Waals surface area contributed by atoms with E-state index >= 15 is 0 Å². The van der Waals surface area contributed by atoms with Gasteiger partial charge in [0.15, 0.2) is 0 Å². The highest BCUT2D eigenvalue weighted by molar-refractivity contribution is 5.74. The van der Waals surface area contributed by atoms with Crippen molar-refractivity contribution >= 4 is 6.03 Å². The Balaban J connectivity index is 2.26. The highest BCUT2D eigenvalue weighted by Gasteiger charge is 2.22. The standard InChI is InChI=1S/C12H25N3O/c1-12(2,3)15-11(16)14-10-7-5-9(13-4)6-8-10/h9-10,13H,5-8H2,1-4H3,(H2,14,15,16). The van der Waals surface area contributed by atoms with Crippen molar-refractivity contribution in [2.45, 2.75) is 64.1 Å². The van der Waals surface area contributed by atoms with E-state index in [9.17, 15) is 4.79 Å². The van der Waals surface area contributed by atoms with Crippen LogP contribution in [0.4, 0.5) is 4.79 Å². The molecule has 1 saturated carbocycles. The van der Waals surface area contributed by atoms with Gasteiger partial charge in [0, 0.05) is 17.6 Å². The summed E-state index contributed by atoms with van der Waals surface area (Å²) in [4.78, 5) is 11.6. The fourth-order valence-electron chi connectivity index (χ4n) is 2.09. The van der Waals surface area contributed by atoms with Crippen molar-refractivity contribution in [1.82, 2.24) is 16.0 Å².